The quantitative estimate of drug-likeness (QED) is 0.645. The van der Waals surface area contributed by atoms with Gasteiger partial charge in [0.2, 0.25) is 0 Å². The Morgan fingerprint density at radius 1 is 1.17 bits per heavy atom. The summed E-state index contributed by atoms with van der Waals surface area (Å²) in [6.45, 7) is 4.64. The first-order chi connectivity index (χ1) is 5.79. The van der Waals surface area contributed by atoms with E-state index in [1.165, 1.54) is 12.8 Å². The van der Waals surface area contributed by atoms with Gasteiger partial charge < -0.3 is 4.57 Å². The van der Waals surface area contributed by atoms with Crippen molar-refractivity contribution in [3.8, 4) is 0 Å². The van der Waals surface area contributed by atoms with Crippen LogP contribution in [0.3, 0.4) is 0 Å². The first-order valence-electron chi connectivity index (χ1n) is 4.91. The van der Waals surface area contributed by atoms with Gasteiger partial charge in [-0.3, -0.25) is 0 Å². The normalized spacial score (nSPS) is 19.9. The maximum Gasteiger partial charge on any atom is 0.0381 e. The molecule has 0 saturated heterocycles. The molecule has 0 N–H and O–H groups in total. The van der Waals surface area contributed by atoms with E-state index in [1.807, 2.05) is 0 Å². The van der Waals surface area contributed by atoms with Crippen molar-refractivity contribution in [3.05, 3.63) is 24.5 Å². The van der Waals surface area contributed by atoms with E-state index >= 15 is 0 Å². The van der Waals surface area contributed by atoms with Crippen LogP contribution in [0.2, 0.25) is 0 Å². The maximum atomic E-state index is 2.38. The average Bonchev–Trinajstić information content (AvgIpc) is 2.65. The molecule has 0 aliphatic heterocycles. The predicted molar refractivity (Wildman–Crippen MR) is 51.0 cm³/mol. The molecule has 0 aromatic carbocycles. The number of hydrogen-bond donors (Lipinski definition) is 0. The molecule has 1 atom stereocenters. The van der Waals surface area contributed by atoms with Crippen LogP contribution in [-0.4, -0.2) is 4.57 Å². The highest BCUT2D eigenvalue weighted by atomic mass is 15.0. The van der Waals surface area contributed by atoms with Gasteiger partial charge in [-0.2, -0.15) is 0 Å². The Kier molecular flexibility index (Phi) is 1.95. The van der Waals surface area contributed by atoms with Gasteiger partial charge in [-0.25, -0.2) is 0 Å². The fourth-order valence-electron chi connectivity index (χ4n) is 2.12. The van der Waals surface area contributed by atoms with E-state index in [9.17, 15) is 0 Å². The van der Waals surface area contributed by atoms with Crippen LogP contribution in [0.1, 0.15) is 32.7 Å². The molecule has 1 heterocycles. The first-order valence-corrected chi connectivity index (χ1v) is 4.91. The molecular weight excluding hydrogens is 146 g/mol. The van der Waals surface area contributed by atoms with Crippen molar-refractivity contribution in [1.82, 2.24) is 4.57 Å². The molecular formula is C11H17N. The molecule has 12 heavy (non-hydrogen) atoms. The Bertz CT molecular complexity index is 230. The summed E-state index contributed by atoms with van der Waals surface area (Å²) in [4.78, 5) is 0. The molecule has 2 rings (SSSR count). The van der Waals surface area contributed by atoms with E-state index < -0.39 is 0 Å². The number of aromatic nitrogens is 1. The van der Waals surface area contributed by atoms with Crippen LogP contribution in [0.4, 0.5) is 0 Å². The fourth-order valence-corrected chi connectivity index (χ4v) is 2.12. The minimum absolute atomic E-state index is 0.750. The lowest BCUT2D eigenvalue weighted by Gasteiger charge is -2.22. The van der Waals surface area contributed by atoms with Crippen molar-refractivity contribution in [2.45, 2.75) is 32.7 Å². The minimum atomic E-state index is 0.750. The fraction of sp³-hybridized carbons (Fsp3) is 0.636. The summed E-state index contributed by atoms with van der Waals surface area (Å²) >= 11 is 0. The molecule has 1 fully saturated rings. The van der Waals surface area contributed by atoms with Crippen LogP contribution in [-0.2, 0) is 0 Å². The van der Waals surface area contributed by atoms with Gasteiger partial charge in [0, 0.05) is 18.4 Å². The molecule has 0 spiro atoms. The van der Waals surface area contributed by atoms with Gasteiger partial charge in [-0.15, -0.1) is 0 Å². The lowest BCUT2D eigenvalue weighted by molar-refractivity contribution is 0.336. The predicted octanol–water partition coefficient (Wildman–Crippen LogP) is 3.10. The first kappa shape index (κ1) is 7.90. The van der Waals surface area contributed by atoms with Crippen molar-refractivity contribution in [3.63, 3.8) is 0 Å². The summed E-state index contributed by atoms with van der Waals surface area (Å²) in [5.41, 5.74) is 0. The Hall–Kier alpha value is -0.720. The topological polar surface area (TPSA) is 4.93 Å². The van der Waals surface area contributed by atoms with Crippen molar-refractivity contribution < 1.29 is 0 Å². The van der Waals surface area contributed by atoms with E-state index in [4.69, 9.17) is 0 Å². The summed E-state index contributed by atoms with van der Waals surface area (Å²) in [7, 11) is 0. The highest BCUT2D eigenvalue weighted by Crippen LogP contribution is 2.43. The summed E-state index contributed by atoms with van der Waals surface area (Å²) in [6.07, 6.45) is 7.26. The Balaban J connectivity index is 2.16. The van der Waals surface area contributed by atoms with Gasteiger partial charge in [0.15, 0.2) is 0 Å². The zero-order valence-corrected chi connectivity index (χ0v) is 7.90. The van der Waals surface area contributed by atoms with Crippen LogP contribution in [0.15, 0.2) is 24.5 Å². The molecule has 1 unspecified atom stereocenters. The molecule has 1 saturated carbocycles. The molecule has 1 aromatic rings. The third-order valence-corrected chi connectivity index (χ3v) is 2.76. The van der Waals surface area contributed by atoms with Gasteiger partial charge in [0.05, 0.1) is 0 Å². The smallest absolute Gasteiger partial charge is 0.0381 e. The van der Waals surface area contributed by atoms with E-state index in [0.717, 1.165) is 17.9 Å². The summed E-state index contributed by atoms with van der Waals surface area (Å²) in [5.74, 6) is 1.72. The van der Waals surface area contributed by atoms with Gasteiger partial charge in [0.25, 0.3) is 0 Å². The molecule has 1 aliphatic carbocycles. The van der Waals surface area contributed by atoms with Crippen LogP contribution < -0.4 is 0 Å². The Morgan fingerprint density at radius 3 is 2.17 bits per heavy atom. The Morgan fingerprint density at radius 2 is 1.75 bits per heavy atom. The van der Waals surface area contributed by atoms with Crippen molar-refractivity contribution in [2.24, 2.45) is 11.8 Å². The molecule has 1 aromatic heterocycles. The van der Waals surface area contributed by atoms with Crippen molar-refractivity contribution in [1.29, 1.82) is 0 Å². The standard InChI is InChI=1S/C11H17N/c1-9(2)11(10-5-6-10)12-7-3-4-8-12/h3-4,7-11H,5-6H2,1-2H3. The maximum absolute atomic E-state index is 2.38. The van der Waals surface area contributed by atoms with Gasteiger partial charge in [-0.1, -0.05) is 13.8 Å². The minimum Gasteiger partial charge on any atom is -0.351 e. The third kappa shape index (κ3) is 1.40. The molecule has 1 heteroatoms. The zero-order valence-electron chi connectivity index (χ0n) is 7.90. The highest BCUT2D eigenvalue weighted by Gasteiger charge is 2.33. The number of rotatable bonds is 3. The van der Waals surface area contributed by atoms with E-state index in [-0.39, 0.29) is 0 Å². The molecule has 1 nitrogen and oxygen atoms in total. The highest BCUT2D eigenvalue weighted by molar-refractivity contribution is 4.97. The summed E-state index contributed by atoms with van der Waals surface area (Å²) in [5, 5.41) is 0. The second-order valence-electron chi connectivity index (χ2n) is 4.20. The number of nitrogens with zero attached hydrogens (tertiary/aromatic N) is 1. The van der Waals surface area contributed by atoms with Crippen LogP contribution in [0.25, 0.3) is 0 Å². The SMILES string of the molecule is CC(C)C(C1CC1)n1cccc1. The van der Waals surface area contributed by atoms with Crippen LogP contribution in [0, 0.1) is 11.8 Å². The summed E-state index contributed by atoms with van der Waals surface area (Å²) in [6, 6.07) is 5.00. The lowest BCUT2D eigenvalue weighted by atomic mass is 9.99. The van der Waals surface area contributed by atoms with Crippen molar-refractivity contribution >= 4 is 0 Å². The average molecular weight is 163 g/mol. The summed E-state index contributed by atoms with van der Waals surface area (Å²) < 4.78 is 2.38. The van der Waals surface area contributed by atoms with E-state index in [2.05, 4.69) is 42.9 Å². The zero-order chi connectivity index (χ0) is 8.55. The third-order valence-electron chi connectivity index (χ3n) is 2.76. The van der Waals surface area contributed by atoms with Crippen LogP contribution >= 0.6 is 0 Å². The van der Waals surface area contributed by atoms with Gasteiger partial charge in [-0.05, 0) is 36.8 Å². The largest absolute Gasteiger partial charge is 0.351 e. The lowest BCUT2D eigenvalue weighted by Crippen LogP contribution is -2.15. The second kappa shape index (κ2) is 2.96. The van der Waals surface area contributed by atoms with E-state index in [0.29, 0.717) is 0 Å². The number of hydrogen-bond acceptors (Lipinski definition) is 0. The van der Waals surface area contributed by atoms with Gasteiger partial charge in [0.1, 0.15) is 0 Å². The van der Waals surface area contributed by atoms with Crippen molar-refractivity contribution in [2.75, 3.05) is 0 Å². The monoisotopic (exact) mass is 163 g/mol. The van der Waals surface area contributed by atoms with E-state index in [1.54, 1.807) is 0 Å². The van der Waals surface area contributed by atoms with Gasteiger partial charge >= 0.3 is 0 Å². The molecule has 66 valence electrons. The second-order valence-corrected chi connectivity index (χ2v) is 4.20. The Labute approximate surface area is 74.4 Å². The molecule has 0 bridgehead atoms. The molecule has 0 amide bonds. The van der Waals surface area contributed by atoms with Crippen LogP contribution in [0.5, 0.6) is 0 Å². The molecule has 0 radical (unpaired) electrons. The molecule has 1 aliphatic rings.